The van der Waals surface area contributed by atoms with Crippen molar-refractivity contribution in [1.82, 2.24) is 5.32 Å². The normalized spacial score (nSPS) is 11.9. The number of ether oxygens (including phenoxy) is 2. The van der Waals surface area contributed by atoms with E-state index in [1.807, 2.05) is 13.8 Å². The lowest BCUT2D eigenvalue weighted by Crippen LogP contribution is -2.30. The van der Waals surface area contributed by atoms with Crippen molar-refractivity contribution in [2.75, 3.05) is 26.0 Å². The molecule has 0 aliphatic rings. The number of hydrogen-bond acceptors (Lipinski definition) is 6. The topological polar surface area (TPSA) is 73.6 Å². The van der Waals surface area contributed by atoms with Crippen molar-refractivity contribution in [2.45, 2.75) is 20.1 Å². The minimum Gasteiger partial charge on any atom is -0.370 e. The molecule has 0 amide bonds. The molecule has 0 spiro atoms. The van der Waals surface area contributed by atoms with Crippen LogP contribution < -0.4 is 5.32 Å². The predicted octanol–water partition coefficient (Wildman–Crippen LogP) is 1.41. The van der Waals surface area contributed by atoms with Gasteiger partial charge in [-0.05, 0) is 20.1 Å². The molecule has 0 aliphatic carbocycles. The third-order valence-electron chi connectivity index (χ3n) is 1.59. The number of thioether (sulfide) groups is 1. The molecule has 0 fully saturated rings. The Morgan fingerprint density at radius 3 is 2.44 bits per heavy atom. The van der Waals surface area contributed by atoms with Crippen LogP contribution in [0.1, 0.15) is 13.8 Å². The standard InChI is InChI=1S/C9H18N2O4S/c1-4-14-9(15-5-2)6-10-8(16-3)7-11(12)13/h7,9-10H,4-6H2,1-3H3/b8-7-. The van der Waals surface area contributed by atoms with Crippen LogP contribution in [0.2, 0.25) is 0 Å². The van der Waals surface area contributed by atoms with Crippen LogP contribution in [0.3, 0.4) is 0 Å². The Morgan fingerprint density at radius 1 is 1.50 bits per heavy atom. The zero-order chi connectivity index (χ0) is 12.4. The number of nitrogens with one attached hydrogen (secondary N) is 1. The molecule has 0 heterocycles. The molecule has 0 unspecified atom stereocenters. The van der Waals surface area contributed by atoms with Crippen LogP contribution in [0.15, 0.2) is 11.2 Å². The summed E-state index contributed by atoms with van der Waals surface area (Å²) in [4.78, 5) is 9.79. The summed E-state index contributed by atoms with van der Waals surface area (Å²) in [5, 5.41) is 13.7. The Kier molecular flexibility index (Phi) is 8.97. The number of rotatable bonds is 9. The third-order valence-corrected chi connectivity index (χ3v) is 2.28. The summed E-state index contributed by atoms with van der Waals surface area (Å²) in [6.45, 7) is 5.21. The second-order valence-corrected chi connectivity index (χ2v) is 3.55. The lowest BCUT2D eigenvalue weighted by Gasteiger charge is -2.17. The fraction of sp³-hybridized carbons (Fsp3) is 0.778. The molecule has 6 nitrogen and oxygen atoms in total. The molecular formula is C9H18N2O4S. The van der Waals surface area contributed by atoms with Gasteiger partial charge in [-0.15, -0.1) is 11.8 Å². The maximum atomic E-state index is 10.3. The first-order valence-electron chi connectivity index (χ1n) is 5.00. The summed E-state index contributed by atoms with van der Waals surface area (Å²) in [5.74, 6) is 0. The van der Waals surface area contributed by atoms with Gasteiger partial charge in [0.2, 0.25) is 0 Å². The van der Waals surface area contributed by atoms with E-state index < -0.39 is 4.92 Å². The first-order valence-corrected chi connectivity index (χ1v) is 6.22. The Bertz CT molecular complexity index is 230. The van der Waals surface area contributed by atoms with E-state index in [4.69, 9.17) is 9.47 Å². The molecule has 0 aromatic rings. The minimum atomic E-state index is -0.491. The summed E-state index contributed by atoms with van der Waals surface area (Å²) in [6.07, 6.45) is 2.32. The third kappa shape index (κ3) is 7.49. The van der Waals surface area contributed by atoms with Gasteiger partial charge in [-0.1, -0.05) is 0 Å². The van der Waals surface area contributed by atoms with Crippen LogP contribution in [0.5, 0.6) is 0 Å². The maximum absolute atomic E-state index is 10.3. The molecule has 0 saturated heterocycles. The van der Waals surface area contributed by atoms with Gasteiger partial charge < -0.3 is 14.8 Å². The van der Waals surface area contributed by atoms with Crippen molar-refractivity contribution < 1.29 is 14.4 Å². The molecule has 1 N–H and O–H groups in total. The van der Waals surface area contributed by atoms with Gasteiger partial charge in [0.25, 0.3) is 6.20 Å². The fourth-order valence-electron chi connectivity index (χ4n) is 0.988. The smallest absolute Gasteiger partial charge is 0.263 e. The zero-order valence-electron chi connectivity index (χ0n) is 9.76. The summed E-state index contributed by atoms with van der Waals surface area (Å²) in [5.41, 5.74) is 0. The summed E-state index contributed by atoms with van der Waals surface area (Å²) in [7, 11) is 0. The van der Waals surface area contributed by atoms with Gasteiger partial charge in [0, 0.05) is 13.2 Å². The van der Waals surface area contributed by atoms with E-state index in [1.165, 1.54) is 11.8 Å². The second kappa shape index (κ2) is 9.44. The number of hydrogen-bond donors (Lipinski definition) is 1. The average molecular weight is 250 g/mol. The molecule has 0 atom stereocenters. The minimum absolute atomic E-state index is 0.377. The maximum Gasteiger partial charge on any atom is 0.263 e. The van der Waals surface area contributed by atoms with Gasteiger partial charge in [0.15, 0.2) is 6.29 Å². The first-order chi connectivity index (χ1) is 7.63. The van der Waals surface area contributed by atoms with E-state index >= 15 is 0 Å². The van der Waals surface area contributed by atoms with Crippen LogP contribution in [0.25, 0.3) is 0 Å². The van der Waals surface area contributed by atoms with Crippen LogP contribution in [0.4, 0.5) is 0 Å². The predicted molar refractivity (Wildman–Crippen MR) is 63.6 cm³/mol. The zero-order valence-corrected chi connectivity index (χ0v) is 10.6. The van der Waals surface area contributed by atoms with E-state index in [0.29, 0.717) is 24.8 Å². The van der Waals surface area contributed by atoms with Gasteiger partial charge in [-0.2, -0.15) is 0 Å². The van der Waals surface area contributed by atoms with Crippen molar-refractivity contribution in [3.05, 3.63) is 21.3 Å². The van der Waals surface area contributed by atoms with Crippen LogP contribution in [-0.2, 0) is 9.47 Å². The Morgan fingerprint density at radius 2 is 2.06 bits per heavy atom. The van der Waals surface area contributed by atoms with E-state index in [-0.39, 0.29) is 6.29 Å². The van der Waals surface area contributed by atoms with Crippen molar-refractivity contribution >= 4 is 11.8 Å². The molecule has 0 rings (SSSR count). The molecule has 0 aliphatic heterocycles. The monoisotopic (exact) mass is 250 g/mol. The Labute approximate surface area is 99.5 Å². The van der Waals surface area contributed by atoms with Crippen LogP contribution in [-0.4, -0.2) is 37.2 Å². The largest absolute Gasteiger partial charge is 0.370 e. The van der Waals surface area contributed by atoms with Crippen molar-refractivity contribution in [1.29, 1.82) is 0 Å². The average Bonchev–Trinajstić information content (AvgIpc) is 2.24. The lowest BCUT2D eigenvalue weighted by molar-refractivity contribution is -0.403. The molecule has 0 saturated carbocycles. The molecule has 0 bridgehead atoms. The Balaban J connectivity index is 4.10. The van der Waals surface area contributed by atoms with Crippen LogP contribution in [0, 0.1) is 10.1 Å². The van der Waals surface area contributed by atoms with Gasteiger partial charge in [0.05, 0.1) is 11.5 Å². The first kappa shape index (κ1) is 15.2. The molecule has 16 heavy (non-hydrogen) atoms. The van der Waals surface area contributed by atoms with Crippen LogP contribution >= 0.6 is 11.8 Å². The quantitative estimate of drug-likeness (QED) is 0.379. The molecular weight excluding hydrogens is 232 g/mol. The van der Waals surface area contributed by atoms with Gasteiger partial charge in [-0.3, -0.25) is 10.1 Å². The Hall–Kier alpha value is -0.790. The molecule has 94 valence electrons. The fourth-order valence-corrected chi connectivity index (χ4v) is 1.41. The highest BCUT2D eigenvalue weighted by molar-refractivity contribution is 8.02. The summed E-state index contributed by atoms with van der Waals surface area (Å²) in [6, 6.07) is 0. The van der Waals surface area contributed by atoms with Gasteiger partial charge in [-0.25, -0.2) is 0 Å². The van der Waals surface area contributed by atoms with Crippen molar-refractivity contribution in [2.24, 2.45) is 0 Å². The van der Waals surface area contributed by atoms with E-state index in [2.05, 4.69) is 5.32 Å². The molecule has 0 aromatic carbocycles. The van der Waals surface area contributed by atoms with Crippen molar-refractivity contribution in [3.8, 4) is 0 Å². The highest BCUT2D eigenvalue weighted by Gasteiger charge is 2.09. The lowest BCUT2D eigenvalue weighted by atomic mass is 10.6. The number of nitrogens with zero attached hydrogens (tertiary/aromatic N) is 1. The van der Waals surface area contributed by atoms with E-state index in [0.717, 1.165) is 6.20 Å². The molecule has 0 aromatic heterocycles. The SMILES string of the molecule is CCOC(CN/C(=C/[N+](=O)[O-])SC)OCC. The highest BCUT2D eigenvalue weighted by atomic mass is 32.2. The number of nitro groups is 1. The summed E-state index contributed by atoms with van der Waals surface area (Å²) >= 11 is 1.27. The van der Waals surface area contributed by atoms with E-state index in [1.54, 1.807) is 6.26 Å². The second-order valence-electron chi connectivity index (χ2n) is 2.70. The van der Waals surface area contributed by atoms with Gasteiger partial charge in [0.1, 0.15) is 5.03 Å². The molecule has 0 radical (unpaired) electrons. The summed E-state index contributed by atoms with van der Waals surface area (Å²) < 4.78 is 10.6. The highest BCUT2D eigenvalue weighted by Crippen LogP contribution is 2.07. The van der Waals surface area contributed by atoms with Gasteiger partial charge >= 0.3 is 0 Å². The molecule has 7 heteroatoms. The van der Waals surface area contributed by atoms with Crippen molar-refractivity contribution in [3.63, 3.8) is 0 Å². The van der Waals surface area contributed by atoms with E-state index in [9.17, 15) is 10.1 Å².